The summed E-state index contributed by atoms with van der Waals surface area (Å²) < 4.78 is 5.66. The average Bonchev–Trinajstić information content (AvgIpc) is 3.47. The fourth-order valence-corrected chi connectivity index (χ4v) is 4.91. The molecule has 1 aliphatic heterocycles. The zero-order chi connectivity index (χ0) is 25.4. The number of carbonyl (C=O) groups is 3. The van der Waals surface area contributed by atoms with Crippen molar-refractivity contribution in [2.75, 3.05) is 27.2 Å². The third-order valence-electron chi connectivity index (χ3n) is 6.41. The van der Waals surface area contributed by atoms with Crippen LogP contribution in [0.2, 0.25) is 0 Å². The number of hydrogen-bond donors (Lipinski definition) is 2. The van der Waals surface area contributed by atoms with Crippen molar-refractivity contribution < 1.29 is 19.1 Å². The maximum Gasteiger partial charge on any atom is 0.252 e. The molecule has 2 unspecified atom stereocenters. The zero-order valence-electron chi connectivity index (χ0n) is 21.1. The van der Waals surface area contributed by atoms with E-state index in [0.717, 1.165) is 19.4 Å². The maximum atomic E-state index is 13.4. The van der Waals surface area contributed by atoms with E-state index in [-0.39, 0.29) is 35.7 Å². The van der Waals surface area contributed by atoms with Gasteiger partial charge in [0, 0.05) is 11.9 Å². The van der Waals surface area contributed by atoms with Crippen LogP contribution in [0.15, 0.2) is 47.2 Å². The average molecular weight is 500 g/mol. The van der Waals surface area contributed by atoms with Gasteiger partial charge in [0.05, 0.1) is 11.7 Å². The van der Waals surface area contributed by atoms with Crippen LogP contribution in [0.1, 0.15) is 49.0 Å². The minimum atomic E-state index is -0.768. The van der Waals surface area contributed by atoms with Gasteiger partial charge in [-0.1, -0.05) is 44.2 Å². The van der Waals surface area contributed by atoms with Gasteiger partial charge in [0.1, 0.15) is 18.7 Å². The van der Waals surface area contributed by atoms with Crippen LogP contribution in [0.4, 0.5) is 0 Å². The Morgan fingerprint density at radius 2 is 1.94 bits per heavy atom. The Balaban J connectivity index is 1.70. The Morgan fingerprint density at radius 3 is 2.60 bits per heavy atom. The molecule has 0 spiro atoms. The number of rotatable bonds is 12. The van der Waals surface area contributed by atoms with Crippen LogP contribution in [0, 0.1) is 5.41 Å². The quantitative estimate of drug-likeness (QED) is 0.468. The van der Waals surface area contributed by atoms with E-state index in [1.54, 1.807) is 11.4 Å². The van der Waals surface area contributed by atoms with Crippen molar-refractivity contribution in [1.29, 1.82) is 0 Å². The largest absolute Gasteiger partial charge is 0.368 e. The summed E-state index contributed by atoms with van der Waals surface area (Å²) in [4.78, 5) is 40.8. The normalized spacial score (nSPS) is 19.1. The van der Waals surface area contributed by atoms with Crippen molar-refractivity contribution in [2.24, 2.45) is 5.41 Å². The fourth-order valence-electron chi connectivity index (χ4n) is 4.27. The first kappa shape index (κ1) is 27.0. The number of benzene rings is 1. The summed E-state index contributed by atoms with van der Waals surface area (Å²) in [6.07, 6.45) is 2.45. The number of carbonyl (C=O) groups excluding carboxylic acids is 3. The molecule has 2 heterocycles. The van der Waals surface area contributed by atoms with E-state index in [2.05, 4.69) is 36.6 Å². The molecule has 35 heavy (non-hydrogen) atoms. The van der Waals surface area contributed by atoms with Gasteiger partial charge in [0.25, 0.3) is 5.91 Å². The zero-order valence-corrected chi connectivity index (χ0v) is 21.9. The highest BCUT2D eigenvalue weighted by atomic mass is 32.1. The van der Waals surface area contributed by atoms with Crippen LogP contribution >= 0.6 is 11.3 Å². The second-order valence-electron chi connectivity index (χ2n) is 10.3. The van der Waals surface area contributed by atoms with Gasteiger partial charge in [-0.25, -0.2) is 0 Å². The Hall–Kier alpha value is -2.55. The molecule has 0 radical (unpaired) electrons. The van der Waals surface area contributed by atoms with Crippen molar-refractivity contribution in [1.82, 2.24) is 15.5 Å². The summed E-state index contributed by atoms with van der Waals surface area (Å²) in [6.45, 7) is 4.96. The standard InChI is InChI=1S/C27H37N3O4S/c1-27(2,13-10-19-8-6-5-7-9-19)16-21(28-25(32)20-12-15-35-18-20)26(33)29-24-22(31)17-34-23(24)11-14-30(3)4/h5-9,12,15,18,21,23-24H,10-11,13-14,16-17H2,1-4H3,(H,28,32)(H,29,33)/t21-,23?,24?/m0/s1. The van der Waals surface area contributed by atoms with Gasteiger partial charge in [-0.3, -0.25) is 14.4 Å². The molecule has 2 N–H and O–H groups in total. The van der Waals surface area contributed by atoms with Gasteiger partial charge in [0.2, 0.25) is 5.91 Å². The first-order valence-corrected chi connectivity index (χ1v) is 13.1. The highest BCUT2D eigenvalue weighted by Gasteiger charge is 2.39. The first-order chi connectivity index (χ1) is 16.6. The number of nitrogens with zero attached hydrogens (tertiary/aromatic N) is 1. The van der Waals surface area contributed by atoms with Gasteiger partial charge in [0.15, 0.2) is 5.78 Å². The van der Waals surface area contributed by atoms with E-state index >= 15 is 0 Å². The highest BCUT2D eigenvalue weighted by Crippen LogP contribution is 2.29. The Kier molecular flexibility index (Phi) is 9.60. The second kappa shape index (κ2) is 12.4. The number of thiophene rings is 1. The Morgan fingerprint density at radius 1 is 1.20 bits per heavy atom. The van der Waals surface area contributed by atoms with Gasteiger partial charge in [-0.15, -0.1) is 0 Å². The third-order valence-corrected chi connectivity index (χ3v) is 7.10. The number of nitrogens with one attached hydrogen (secondary N) is 2. The van der Waals surface area contributed by atoms with Crippen LogP contribution in [-0.4, -0.2) is 67.9 Å². The molecule has 190 valence electrons. The van der Waals surface area contributed by atoms with Crippen LogP contribution in [0.3, 0.4) is 0 Å². The lowest BCUT2D eigenvalue weighted by molar-refractivity contribution is -0.128. The SMILES string of the molecule is CN(C)CCC1OCC(=O)C1NC(=O)[C@H](CC(C)(C)CCc1ccccc1)NC(=O)c1ccsc1. The van der Waals surface area contributed by atoms with Gasteiger partial charge >= 0.3 is 0 Å². The molecule has 1 aliphatic rings. The van der Waals surface area contributed by atoms with Crippen LogP contribution in [0.5, 0.6) is 0 Å². The maximum absolute atomic E-state index is 13.4. The lowest BCUT2D eigenvalue weighted by atomic mass is 9.80. The lowest BCUT2D eigenvalue weighted by Crippen LogP contribution is -2.54. The number of Topliss-reactive ketones (excluding diaryl/α,β-unsaturated/α-hetero) is 1. The van der Waals surface area contributed by atoms with E-state index in [1.807, 2.05) is 42.6 Å². The van der Waals surface area contributed by atoms with E-state index < -0.39 is 12.1 Å². The second-order valence-corrected chi connectivity index (χ2v) is 11.1. The summed E-state index contributed by atoms with van der Waals surface area (Å²) in [7, 11) is 3.91. The lowest BCUT2D eigenvalue weighted by Gasteiger charge is -2.31. The monoisotopic (exact) mass is 499 g/mol. The summed E-state index contributed by atoms with van der Waals surface area (Å²) >= 11 is 1.43. The molecule has 7 nitrogen and oxygen atoms in total. The molecule has 2 aromatic rings. The molecule has 1 saturated heterocycles. The van der Waals surface area contributed by atoms with Crippen molar-refractivity contribution in [3.63, 3.8) is 0 Å². The van der Waals surface area contributed by atoms with Crippen LogP contribution in [0.25, 0.3) is 0 Å². The molecule has 0 aliphatic carbocycles. The van der Waals surface area contributed by atoms with Gasteiger partial charge < -0.3 is 20.3 Å². The molecule has 1 fully saturated rings. The van der Waals surface area contributed by atoms with E-state index in [9.17, 15) is 14.4 Å². The number of amides is 2. The molecule has 0 saturated carbocycles. The van der Waals surface area contributed by atoms with Crippen molar-refractivity contribution >= 4 is 28.9 Å². The number of ketones is 1. The van der Waals surface area contributed by atoms with E-state index in [0.29, 0.717) is 18.4 Å². The third kappa shape index (κ3) is 8.26. The predicted octanol–water partition coefficient (Wildman–Crippen LogP) is 3.30. The predicted molar refractivity (Wildman–Crippen MR) is 139 cm³/mol. The minimum Gasteiger partial charge on any atom is -0.368 e. The van der Waals surface area contributed by atoms with Crippen molar-refractivity contribution in [3.05, 3.63) is 58.3 Å². The van der Waals surface area contributed by atoms with Gasteiger partial charge in [-0.05, 0) is 62.2 Å². The summed E-state index contributed by atoms with van der Waals surface area (Å²) in [5.41, 5.74) is 1.54. The topological polar surface area (TPSA) is 87.7 Å². The molecule has 2 amide bonds. The number of hydrogen-bond acceptors (Lipinski definition) is 6. The van der Waals surface area contributed by atoms with E-state index in [4.69, 9.17) is 4.74 Å². The Bertz CT molecular complexity index is 976. The summed E-state index contributed by atoms with van der Waals surface area (Å²) in [5.74, 6) is -0.767. The highest BCUT2D eigenvalue weighted by molar-refractivity contribution is 7.08. The minimum absolute atomic E-state index is 0.00244. The van der Waals surface area contributed by atoms with Gasteiger partial charge in [-0.2, -0.15) is 11.3 Å². The smallest absolute Gasteiger partial charge is 0.252 e. The molecule has 3 rings (SSSR count). The molecule has 1 aromatic heterocycles. The number of ether oxygens (including phenoxy) is 1. The van der Waals surface area contributed by atoms with Crippen LogP contribution in [-0.2, 0) is 20.7 Å². The van der Waals surface area contributed by atoms with Crippen molar-refractivity contribution in [3.8, 4) is 0 Å². The fraction of sp³-hybridized carbons (Fsp3) is 0.519. The molecule has 0 bridgehead atoms. The molecule has 3 atom stereocenters. The summed E-state index contributed by atoms with van der Waals surface area (Å²) in [5, 5.41) is 9.42. The van der Waals surface area contributed by atoms with E-state index in [1.165, 1.54) is 16.9 Å². The molecule has 8 heteroatoms. The van der Waals surface area contributed by atoms with Crippen molar-refractivity contribution in [2.45, 2.75) is 57.7 Å². The Labute approximate surface area is 212 Å². The first-order valence-electron chi connectivity index (χ1n) is 12.1. The molecular weight excluding hydrogens is 462 g/mol. The molecule has 1 aromatic carbocycles. The summed E-state index contributed by atoms with van der Waals surface area (Å²) in [6, 6.07) is 10.5. The van der Waals surface area contributed by atoms with Crippen LogP contribution < -0.4 is 10.6 Å². The number of aryl methyl sites for hydroxylation is 1. The molecular formula is C27H37N3O4S.